The van der Waals surface area contributed by atoms with Crippen molar-refractivity contribution in [3.8, 4) is 0 Å². The quantitative estimate of drug-likeness (QED) is 0.294. The van der Waals surface area contributed by atoms with Gasteiger partial charge in [-0.15, -0.1) is 0 Å². The normalized spacial score (nSPS) is 11.6. The van der Waals surface area contributed by atoms with Crippen molar-refractivity contribution in [1.29, 1.82) is 0 Å². The van der Waals surface area contributed by atoms with Gasteiger partial charge >= 0.3 is 17.9 Å². The van der Waals surface area contributed by atoms with Gasteiger partial charge in [-0.25, -0.2) is 0 Å². The second-order valence-electron chi connectivity index (χ2n) is 5.27. The Morgan fingerprint density at radius 3 is 2.30 bits per heavy atom. The molecule has 0 aromatic heterocycles. The van der Waals surface area contributed by atoms with Crippen LogP contribution in [0.3, 0.4) is 0 Å². The SMILES string of the molecule is CCCC(=O)OC[CH]C(CCCOC(=O)CC)CCOC(C)=O. The van der Waals surface area contributed by atoms with Gasteiger partial charge in [0.2, 0.25) is 0 Å². The van der Waals surface area contributed by atoms with Crippen molar-refractivity contribution in [3.05, 3.63) is 6.42 Å². The molecule has 0 amide bonds. The van der Waals surface area contributed by atoms with E-state index in [0.29, 0.717) is 32.5 Å². The Labute approximate surface area is 138 Å². The van der Waals surface area contributed by atoms with E-state index in [1.165, 1.54) is 6.92 Å². The van der Waals surface area contributed by atoms with Gasteiger partial charge in [-0.3, -0.25) is 14.4 Å². The maximum absolute atomic E-state index is 11.3. The predicted molar refractivity (Wildman–Crippen MR) is 85.4 cm³/mol. The number of ether oxygens (including phenoxy) is 3. The molecule has 0 aliphatic carbocycles. The minimum absolute atomic E-state index is 0.143. The van der Waals surface area contributed by atoms with Gasteiger partial charge in [-0.2, -0.15) is 0 Å². The van der Waals surface area contributed by atoms with Gasteiger partial charge in [0, 0.05) is 26.2 Å². The van der Waals surface area contributed by atoms with E-state index < -0.39 is 0 Å². The van der Waals surface area contributed by atoms with Gasteiger partial charge in [0.15, 0.2) is 0 Å². The first-order chi connectivity index (χ1) is 11.0. The Hall–Kier alpha value is -1.59. The minimum atomic E-state index is -0.310. The monoisotopic (exact) mass is 329 g/mol. The third kappa shape index (κ3) is 13.8. The summed E-state index contributed by atoms with van der Waals surface area (Å²) in [4.78, 5) is 33.2. The van der Waals surface area contributed by atoms with Crippen LogP contribution >= 0.6 is 0 Å². The van der Waals surface area contributed by atoms with Gasteiger partial charge < -0.3 is 14.2 Å². The van der Waals surface area contributed by atoms with Crippen LogP contribution in [-0.2, 0) is 28.6 Å². The molecule has 0 aromatic carbocycles. The summed E-state index contributed by atoms with van der Waals surface area (Å²) in [5, 5.41) is 0. The van der Waals surface area contributed by atoms with E-state index in [0.717, 1.165) is 19.3 Å². The van der Waals surface area contributed by atoms with Crippen molar-refractivity contribution in [3.63, 3.8) is 0 Å². The fourth-order valence-electron chi connectivity index (χ4n) is 1.92. The predicted octanol–water partition coefficient (Wildman–Crippen LogP) is 2.84. The molecule has 0 saturated carbocycles. The Morgan fingerprint density at radius 1 is 0.957 bits per heavy atom. The largest absolute Gasteiger partial charge is 0.466 e. The first kappa shape index (κ1) is 21.4. The maximum atomic E-state index is 11.3. The zero-order chi connectivity index (χ0) is 17.5. The van der Waals surface area contributed by atoms with Crippen LogP contribution in [0.4, 0.5) is 0 Å². The van der Waals surface area contributed by atoms with Gasteiger partial charge in [-0.1, -0.05) is 13.8 Å². The molecule has 0 bridgehead atoms. The second kappa shape index (κ2) is 14.0. The second-order valence-corrected chi connectivity index (χ2v) is 5.27. The number of esters is 3. The molecule has 0 aliphatic heterocycles. The number of hydrogen-bond acceptors (Lipinski definition) is 6. The molecule has 0 spiro atoms. The highest BCUT2D eigenvalue weighted by Crippen LogP contribution is 2.16. The van der Waals surface area contributed by atoms with Crippen molar-refractivity contribution < 1.29 is 28.6 Å². The smallest absolute Gasteiger partial charge is 0.305 e. The lowest BCUT2D eigenvalue weighted by Gasteiger charge is -2.16. The van der Waals surface area contributed by atoms with Crippen LogP contribution in [0.5, 0.6) is 0 Å². The van der Waals surface area contributed by atoms with Gasteiger partial charge in [0.1, 0.15) is 0 Å². The molecule has 1 radical (unpaired) electrons. The summed E-state index contributed by atoms with van der Waals surface area (Å²) in [5.74, 6) is -0.586. The molecule has 0 heterocycles. The standard InChI is InChI=1S/C17H29O6/c1-4-7-17(20)23-13-10-15(9-12-21-14(3)18)8-6-11-22-16(19)5-2/h10,15H,4-9,11-13H2,1-3H3. The topological polar surface area (TPSA) is 78.9 Å². The molecule has 1 unspecified atom stereocenters. The molecule has 0 N–H and O–H groups in total. The molecule has 6 heteroatoms. The summed E-state index contributed by atoms with van der Waals surface area (Å²) < 4.78 is 15.1. The highest BCUT2D eigenvalue weighted by Gasteiger charge is 2.12. The first-order valence-corrected chi connectivity index (χ1v) is 8.27. The average molecular weight is 329 g/mol. The molecule has 0 fully saturated rings. The Morgan fingerprint density at radius 2 is 1.70 bits per heavy atom. The highest BCUT2D eigenvalue weighted by molar-refractivity contribution is 5.69. The minimum Gasteiger partial charge on any atom is -0.466 e. The van der Waals surface area contributed by atoms with Gasteiger partial charge in [0.05, 0.1) is 19.8 Å². The molecule has 0 rings (SSSR count). The molecular formula is C17H29O6. The molecular weight excluding hydrogens is 300 g/mol. The van der Waals surface area contributed by atoms with Crippen molar-refractivity contribution in [2.75, 3.05) is 19.8 Å². The molecule has 0 aromatic rings. The molecule has 0 aliphatic rings. The summed E-state index contributed by atoms with van der Waals surface area (Å²) in [6.45, 7) is 6.00. The van der Waals surface area contributed by atoms with Crippen LogP contribution in [0.25, 0.3) is 0 Å². The van der Waals surface area contributed by atoms with Gasteiger partial charge in [0.25, 0.3) is 0 Å². The van der Waals surface area contributed by atoms with E-state index in [4.69, 9.17) is 14.2 Å². The molecule has 0 saturated heterocycles. The van der Waals surface area contributed by atoms with Crippen molar-refractivity contribution in [1.82, 2.24) is 0 Å². The van der Waals surface area contributed by atoms with Crippen LogP contribution in [-0.4, -0.2) is 37.7 Å². The number of carbonyl (C=O) groups is 3. The van der Waals surface area contributed by atoms with E-state index in [1.54, 1.807) is 6.92 Å². The third-order valence-corrected chi connectivity index (χ3v) is 3.19. The Kier molecular flexibility index (Phi) is 13.1. The van der Waals surface area contributed by atoms with Crippen LogP contribution in [0.1, 0.15) is 59.3 Å². The number of hydrogen-bond donors (Lipinski definition) is 0. The summed E-state index contributed by atoms with van der Waals surface area (Å²) >= 11 is 0. The van der Waals surface area contributed by atoms with Crippen molar-refractivity contribution >= 4 is 17.9 Å². The van der Waals surface area contributed by atoms with Crippen LogP contribution in [0.15, 0.2) is 0 Å². The van der Waals surface area contributed by atoms with Crippen molar-refractivity contribution in [2.45, 2.75) is 59.3 Å². The van der Waals surface area contributed by atoms with Crippen LogP contribution in [0, 0.1) is 12.3 Å². The summed E-state index contributed by atoms with van der Waals surface area (Å²) in [6, 6.07) is 0. The third-order valence-electron chi connectivity index (χ3n) is 3.19. The summed E-state index contributed by atoms with van der Waals surface area (Å²) in [7, 11) is 0. The molecule has 133 valence electrons. The first-order valence-electron chi connectivity index (χ1n) is 8.27. The van der Waals surface area contributed by atoms with Crippen LogP contribution < -0.4 is 0 Å². The van der Waals surface area contributed by atoms with E-state index >= 15 is 0 Å². The zero-order valence-electron chi connectivity index (χ0n) is 14.5. The summed E-state index contributed by atoms with van der Waals surface area (Å²) in [5.41, 5.74) is 0. The lowest BCUT2D eigenvalue weighted by Crippen LogP contribution is -2.14. The van der Waals surface area contributed by atoms with E-state index in [9.17, 15) is 14.4 Å². The Balaban J connectivity index is 4.04. The molecule has 6 nitrogen and oxygen atoms in total. The average Bonchev–Trinajstić information content (AvgIpc) is 2.50. The lowest BCUT2D eigenvalue weighted by molar-refractivity contribution is -0.144. The van der Waals surface area contributed by atoms with E-state index in [1.807, 2.05) is 13.3 Å². The van der Waals surface area contributed by atoms with Crippen LogP contribution in [0.2, 0.25) is 0 Å². The zero-order valence-corrected chi connectivity index (χ0v) is 14.5. The fourth-order valence-corrected chi connectivity index (χ4v) is 1.92. The fraction of sp³-hybridized carbons (Fsp3) is 0.765. The maximum Gasteiger partial charge on any atom is 0.305 e. The molecule has 23 heavy (non-hydrogen) atoms. The van der Waals surface area contributed by atoms with E-state index in [-0.39, 0.29) is 30.4 Å². The van der Waals surface area contributed by atoms with Gasteiger partial charge in [-0.05, 0) is 31.6 Å². The number of rotatable bonds is 13. The number of carbonyl (C=O) groups excluding carboxylic acids is 3. The summed E-state index contributed by atoms with van der Waals surface area (Å²) in [6.07, 6.45) is 5.62. The van der Waals surface area contributed by atoms with E-state index in [2.05, 4.69) is 0 Å². The Bertz CT molecular complexity index is 353. The highest BCUT2D eigenvalue weighted by atomic mass is 16.5. The van der Waals surface area contributed by atoms with Crippen molar-refractivity contribution in [2.24, 2.45) is 5.92 Å². The molecule has 1 atom stereocenters. The lowest BCUT2D eigenvalue weighted by atomic mass is 9.96.